The number of unbranched alkanes of at least 4 members (excludes halogenated alkanes) is 14. The van der Waals surface area contributed by atoms with Crippen LogP contribution >= 0.6 is 0 Å². The summed E-state index contributed by atoms with van der Waals surface area (Å²) >= 11 is 0. The van der Waals surface area contributed by atoms with Crippen molar-refractivity contribution in [2.75, 3.05) is 13.6 Å². The molecule has 0 spiro atoms. The molecule has 0 aromatic carbocycles. The molecule has 2 N–H and O–H groups in total. The number of ketones is 1. The van der Waals surface area contributed by atoms with Gasteiger partial charge in [-0.3, -0.25) is 9.69 Å². The average molecular weight is 355 g/mol. The summed E-state index contributed by atoms with van der Waals surface area (Å²) in [6, 6.07) is 0. The second-order valence-corrected chi connectivity index (χ2v) is 7.68. The van der Waals surface area contributed by atoms with Crippen LogP contribution in [0.5, 0.6) is 0 Å². The Balaban J connectivity index is 3.22. The lowest BCUT2D eigenvalue weighted by atomic mass is 10.0. The van der Waals surface area contributed by atoms with E-state index in [2.05, 4.69) is 6.92 Å². The first-order valence-electron chi connectivity index (χ1n) is 11.1. The van der Waals surface area contributed by atoms with Crippen LogP contribution < -0.4 is 5.73 Å². The third-order valence-electron chi connectivity index (χ3n) is 5.33. The summed E-state index contributed by atoms with van der Waals surface area (Å²) in [6.45, 7) is 5.13. The van der Waals surface area contributed by atoms with Gasteiger partial charge in [0.05, 0.1) is 0 Å². The van der Waals surface area contributed by atoms with E-state index < -0.39 is 6.17 Å². The van der Waals surface area contributed by atoms with Crippen LogP contribution in [0.3, 0.4) is 0 Å². The van der Waals surface area contributed by atoms with Crippen molar-refractivity contribution in [2.24, 2.45) is 5.73 Å². The molecule has 0 fully saturated rings. The maximum Gasteiger partial charge on any atom is 0.164 e. The highest BCUT2D eigenvalue weighted by molar-refractivity contribution is 5.83. The molecule has 150 valence electrons. The number of carbonyl (C=O) groups is 1. The van der Waals surface area contributed by atoms with Gasteiger partial charge in [-0.05, 0) is 20.0 Å². The molecule has 0 heterocycles. The zero-order valence-electron chi connectivity index (χ0n) is 17.5. The van der Waals surface area contributed by atoms with Crippen LogP contribution in [0.1, 0.15) is 117 Å². The van der Waals surface area contributed by atoms with Crippen molar-refractivity contribution in [3.63, 3.8) is 0 Å². The minimum Gasteiger partial charge on any atom is -0.309 e. The number of nitrogens with two attached hydrogens (primary N) is 1. The Kier molecular flexibility index (Phi) is 18.1. The molecule has 0 saturated carbocycles. The van der Waals surface area contributed by atoms with Crippen molar-refractivity contribution in [2.45, 2.75) is 123 Å². The molecule has 0 amide bonds. The molecule has 0 aromatic rings. The molecule has 1 unspecified atom stereocenters. The quantitative estimate of drug-likeness (QED) is 0.227. The van der Waals surface area contributed by atoms with Gasteiger partial charge in [0.1, 0.15) is 6.17 Å². The molecule has 25 heavy (non-hydrogen) atoms. The number of rotatable bonds is 19. The average Bonchev–Trinajstić information content (AvgIpc) is 2.63. The fraction of sp³-hybridized carbons (Fsp3) is 0.955. The van der Waals surface area contributed by atoms with Crippen molar-refractivity contribution in [1.29, 1.82) is 0 Å². The van der Waals surface area contributed by atoms with Crippen molar-refractivity contribution in [3.05, 3.63) is 0 Å². The van der Waals surface area contributed by atoms with E-state index in [0.29, 0.717) is 6.42 Å². The lowest BCUT2D eigenvalue weighted by Crippen LogP contribution is -2.45. The predicted octanol–water partition coefficient (Wildman–Crippen LogP) is 6.05. The van der Waals surface area contributed by atoms with Gasteiger partial charge in [-0.2, -0.15) is 0 Å². The molecule has 0 aliphatic rings. The lowest BCUT2D eigenvalue weighted by Gasteiger charge is -2.21. The topological polar surface area (TPSA) is 46.3 Å². The van der Waals surface area contributed by atoms with E-state index in [1.807, 2.05) is 18.9 Å². The standard InChI is InChI=1S/C22H46N2O/c1-4-6-7-8-9-10-11-12-13-14-15-16-17-18-19-20-21(25)22(23)24(3)5-2/h22H,4-20,23H2,1-3H3. The van der Waals surface area contributed by atoms with Gasteiger partial charge in [-0.15, -0.1) is 0 Å². The normalized spacial score (nSPS) is 12.7. The molecule has 0 saturated heterocycles. The van der Waals surface area contributed by atoms with E-state index in [9.17, 15) is 4.79 Å². The molecule has 1 atom stereocenters. The Morgan fingerprint density at radius 1 is 0.720 bits per heavy atom. The number of nitrogens with zero attached hydrogens (tertiary/aromatic N) is 1. The van der Waals surface area contributed by atoms with Crippen LogP contribution in [0.25, 0.3) is 0 Å². The number of likely N-dealkylation sites (N-methyl/N-ethyl adjacent to an activating group) is 1. The van der Waals surface area contributed by atoms with Crippen molar-refractivity contribution in [1.82, 2.24) is 4.90 Å². The van der Waals surface area contributed by atoms with Gasteiger partial charge in [0.2, 0.25) is 0 Å². The zero-order chi connectivity index (χ0) is 18.8. The van der Waals surface area contributed by atoms with Crippen molar-refractivity contribution < 1.29 is 4.79 Å². The van der Waals surface area contributed by atoms with Crippen molar-refractivity contribution in [3.8, 4) is 0 Å². The summed E-state index contributed by atoms with van der Waals surface area (Å²) in [7, 11) is 1.91. The van der Waals surface area contributed by atoms with Gasteiger partial charge < -0.3 is 5.73 Å². The molecule has 3 nitrogen and oxygen atoms in total. The Morgan fingerprint density at radius 2 is 1.08 bits per heavy atom. The third-order valence-corrected chi connectivity index (χ3v) is 5.33. The molecule has 0 aliphatic heterocycles. The Labute approximate surface area is 158 Å². The highest BCUT2D eigenvalue weighted by Crippen LogP contribution is 2.14. The Hall–Kier alpha value is -0.410. The summed E-state index contributed by atoms with van der Waals surface area (Å²) < 4.78 is 0. The molecule has 0 aliphatic carbocycles. The summed E-state index contributed by atoms with van der Waals surface area (Å²) in [4.78, 5) is 13.8. The molecular formula is C22H46N2O. The molecule has 3 heteroatoms. The second kappa shape index (κ2) is 18.4. The van der Waals surface area contributed by atoms with Gasteiger partial charge in [-0.1, -0.05) is 104 Å². The number of hydrogen-bond donors (Lipinski definition) is 1. The number of Topliss-reactive ketones (excluding diaryl/α,β-unsaturated/α-hetero) is 1. The summed E-state index contributed by atoms with van der Waals surface area (Å²) in [5, 5.41) is 0. The Bertz CT molecular complexity index is 294. The minimum atomic E-state index is -0.406. The van der Waals surface area contributed by atoms with Crippen LogP contribution in [0.4, 0.5) is 0 Å². The first-order chi connectivity index (χ1) is 12.1. The summed E-state index contributed by atoms with van der Waals surface area (Å²) in [5.74, 6) is 0.194. The van der Waals surface area contributed by atoms with Crippen molar-refractivity contribution >= 4 is 5.78 Å². The predicted molar refractivity (Wildman–Crippen MR) is 111 cm³/mol. The number of hydrogen-bond acceptors (Lipinski definition) is 3. The van der Waals surface area contributed by atoms with Gasteiger partial charge in [0.15, 0.2) is 5.78 Å². The van der Waals surface area contributed by atoms with Gasteiger partial charge in [-0.25, -0.2) is 0 Å². The van der Waals surface area contributed by atoms with Crippen LogP contribution in [0.2, 0.25) is 0 Å². The highest BCUT2D eigenvalue weighted by Gasteiger charge is 2.16. The highest BCUT2D eigenvalue weighted by atomic mass is 16.1. The maximum absolute atomic E-state index is 11.9. The van der Waals surface area contributed by atoms with Gasteiger partial charge in [0.25, 0.3) is 0 Å². The van der Waals surface area contributed by atoms with E-state index in [1.54, 1.807) is 0 Å². The van der Waals surface area contributed by atoms with Gasteiger partial charge in [0, 0.05) is 6.42 Å². The monoisotopic (exact) mass is 354 g/mol. The van der Waals surface area contributed by atoms with E-state index >= 15 is 0 Å². The van der Waals surface area contributed by atoms with Crippen LogP contribution in [-0.4, -0.2) is 30.4 Å². The molecular weight excluding hydrogens is 308 g/mol. The first-order valence-corrected chi connectivity index (χ1v) is 11.1. The Morgan fingerprint density at radius 3 is 1.44 bits per heavy atom. The van der Waals surface area contributed by atoms with E-state index in [-0.39, 0.29) is 5.78 Å². The summed E-state index contributed by atoms with van der Waals surface area (Å²) in [5.41, 5.74) is 5.91. The SMILES string of the molecule is CCCCCCCCCCCCCCCCCC(=O)C(N)N(C)CC. The molecule has 0 radical (unpaired) electrons. The zero-order valence-corrected chi connectivity index (χ0v) is 17.5. The smallest absolute Gasteiger partial charge is 0.164 e. The fourth-order valence-electron chi connectivity index (χ4n) is 3.26. The third kappa shape index (κ3) is 15.6. The van der Waals surface area contributed by atoms with Crippen LogP contribution in [0, 0.1) is 0 Å². The first kappa shape index (κ1) is 24.6. The van der Waals surface area contributed by atoms with E-state index in [4.69, 9.17) is 5.73 Å². The van der Waals surface area contributed by atoms with Crippen LogP contribution in [0.15, 0.2) is 0 Å². The maximum atomic E-state index is 11.9. The largest absolute Gasteiger partial charge is 0.309 e. The molecule has 0 rings (SSSR count). The van der Waals surface area contributed by atoms with Gasteiger partial charge >= 0.3 is 0 Å². The molecule has 0 aromatic heterocycles. The van der Waals surface area contributed by atoms with Crippen LogP contribution in [-0.2, 0) is 4.79 Å². The van der Waals surface area contributed by atoms with E-state index in [1.165, 1.54) is 89.9 Å². The molecule has 0 bridgehead atoms. The lowest BCUT2D eigenvalue weighted by molar-refractivity contribution is -0.123. The summed E-state index contributed by atoms with van der Waals surface area (Å²) in [6.07, 6.45) is 20.5. The van der Waals surface area contributed by atoms with E-state index in [0.717, 1.165) is 13.0 Å². The number of carbonyl (C=O) groups excluding carboxylic acids is 1. The minimum absolute atomic E-state index is 0.194. The second-order valence-electron chi connectivity index (χ2n) is 7.68. The fourth-order valence-corrected chi connectivity index (χ4v) is 3.26.